The molecule has 0 saturated carbocycles. The first kappa shape index (κ1) is 22.8. The van der Waals surface area contributed by atoms with Gasteiger partial charge in [-0.1, -0.05) is 61.0 Å². The van der Waals surface area contributed by atoms with Crippen LogP contribution in [0.15, 0.2) is 78.9 Å². The molecule has 31 heavy (non-hydrogen) atoms. The summed E-state index contributed by atoms with van der Waals surface area (Å²) in [6.07, 6.45) is 1.92. The Bertz CT molecular complexity index is 1120. The van der Waals surface area contributed by atoms with Gasteiger partial charge >= 0.3 is 0 Å². The van der Waals surface area contributed by atoms with Gasteiger partial charge in [-0.15, -0.1) is 0 Å². The molecule has 3 rings (SSSR count). The van der Waals surface area contributed by atoms with Gasteiger partial charge in [0.1, 0.15) is 0 Å². The topological polar surface area (TPSA) is 66.5 Å². The van der Waals surface area contributed by atoms with Crippen molar-refractivity contribution in [3.05, 3.63) is 101 Å². The number of carbonyl (C=O) groups excluding carboxylic acids is 1. The number of halogens is 1. The van der Waals surface area contributed by atoms with Crippen LogP contribution in [-0.4, -0.2) is 20.6 Å². The van der Waals surface area contributed by atoms with Crippen molar-refractivity contribution in [1.82, 2.24) is 5.32 Å². The molecule has 3 aromatic carbocycles. The number of hydrogen-bond donors (Lipinski definition) is 1. The van der Waals surface area contributed by atoms with Crippen molar-refractivity contribution in [2.75, 3.05) is 10.6 Å². The molecule has 0 spiro atoms. The van der Waals surface area contributed by atoms with E-state index in [9.17, 15) is 13.2 Å². The summed E-state index contributed by atoms with van der Waals surface area (Å²) in [5.74, 6) is -0.203. The molecule has 0 unspecified atom stereocenters. The second kappa shape index (κ2) is 9.98. The number of nitrogens with zero attached hydrogens (tertiary/aromatic N) is 1. The Morgan fingerprint density at radius 1 is 0.968 bits per heavy atom. The van der Waals surface area contributed by atoms with Crippen LogP contribution in [0.5, 0.6) is 0 Å². The highest BCUT2D eigenvalue weighted by Gasteiger charge is 2.19. The SMILES string of the molecule is CC[C@H](NC(=O)c1ccc(N(Cc2ccc(Cl)cc2)S(C)(=O)=O)cc1)c1ccccc1. The van der Waals surface area contributed by atoms with Gasteiger partial charge in [-0.3, -0.25) is 9.10 Å². The highest BCUT2D eigenvalue weighted by molar-refractivity contribution is 7.92. The molecule has 0 saturated heterocycles. The van der Waals surface area contributed by atoms with E-state index >= 15 is 0 Å². The van der Waals surface area contributed by atoms with Crippen LogP contribution >= 0.6 is 11.6 Å². The molecule has 0 aliphatic heterocycles. The Hall–Kier alpha value is -2.83. The minimum absolute atomic E-state index is 0.0919. The van der Waals surface area contributed by atoms with Crippen LogP contribution in [0, 0.1) is 0 Å². The summed E-state index contributed by atoms with van der Waals surface area (Å²) in [4.78, 5) is 12.7. The van der Waals surface area contributed by atoms with E-state index in [1.165, 1.54) is 4.31 Å². The molecule has 7 heteroatoms. The Morgan fingerprint density at radius 3 is 2.13 bits per heavy atom. The third kappa shape index (κ3) is 6.09. The summed E-state index contributed by atoms with van der Waals surface area (Å²) < 4.78 is 26.1. The van der Waals surface area contributed by atoms with E-state index in [0.29, 0.717) is 16.3 Å². The maximum Gasteiger partial charge on any atom is 0.251 e. The van der Waals surface area contributed by atoms with Crippen molar-refractivity contribution in [3.63, 3.8) is 0 Å². The molecule has 1 atom stereocenters. The lowest BCUT2D eigenvalue weighted by Gasteiger charge is -2.23. The fourth-order valence-corrected chi connectivity index (χ4v) is 4.30. The molecular formula is C24H25ClN2O3S. The maximum atomic E-state index is 12.7. The van der Waals surface area contributed by atoms with Crippen molar-refractivity contribution in [1.29, 1.82) is 0 Å². The molecule has 0 aliphatic rings. The predicted molar refractivity (Wildman–Crippen MR) is 126 cm³/mol. The summed E-state index contributed by atoms with van der Waals surface area (Å²) in [5, 5.41) is 3.63. The van der Waals surface area contributed by atoms with Gasteiger partial charge in [0, 0.05) is 10.6 Å². The van der Waals surface area contributed by atoms with Crippen LogP contribution in [0.2, 0.25) is 5.02 Å². The van der Waals surface area contributed by atoms with E-state index in [2.05, 4.69) is 5.32 Å². The maximum absolute atomic E-state index is 12.7. The second-order valence-electron chi connectivity index (χ2n) is 7.29. The monoisotopic (exact) mass is 456 g/mol. The van der Waals surface area contributed by atoms with Crippen LogP contribution in [0.3, 0.4) is 0 Å². The minimum Gasteiger partial charge on any atom is -0.345 e. The predicted octanol–water partition coefficient (Wildman–Crippen LogP) is 5.19. The molecule has 5 nitrogen and oxygen atoms in total. The van der Waals surface area contributed by atoms with E-state index in [-0.39, 0.29) is 18.5 Å². The summed E-state index contributed by atoms with van der Waals surface area (Å²) in [5.41, 5.74) is 2.81. The Balaban J connectivity index is 1.77. The number of benzene rings is 3. The first-order valence-corrected chi connectivity index (χ1v) is 12.2. The molecule has 3 aromatic rings. The van der Waals surface area contributed by atoms with Crippen LogP contribution in [0.1, 0.15) is 40.9 Å². The number of carbonyl (C=O) groups is 1. The molecule has 162 valence electrons. The van der Waals surface area contributed by atoms with E-state index < -0.39 is 10.0 Å². The van der Waals surface area contributed by atoms with Crippen LogP contribution < -0.4 is 9.62 Å². The fourth-order valence-electron chi connectivity index (χ4n) is 3.28. The summed E-state index contributed by atoms with van der Waals surface area (Å²) in [7, 11) is -3.52. The smallest absolute Gasteiger partial charge is 0.251 e. The van der Waals surface area contributed by atoms with E-state index in [0.717, 1.165) is 23.8 Å². The lowest BCUT2D eigenvalue weighted by molar-refractivity contribution is 0.0935. The standard InChI is InChI=1S/C24H25ClN2O3S/c1-3-23(19-7-5-4-6-8-19)26-24(28)20-11-15-22(16-12-20)27(31(2,29)30)17-18-9-13-21(25)14-10-18/h4-16,23H,3,17H2,1-2H3,(H,26,28)/t23-/m0/s1. The molecule has 0 aromatic heterocycles. The molecule has 1 N–H and O–H groups in total. The molecule has 1 amide bonds. The average Bonchev–Trinajstić information content (AvgIpc) is 2.77. The third-order valence-electron chi connectivity index (χ3n) is 4.97. The highest BCUT2D eigenvalue weighted by atomic mass is 35.5. The zero-order chi connectivity index (χ0) is 22.4. The van der Waals surface area contributed by atoms with Gasteiger partial charge in [0.05, 0.1) is 24.5 Å². The number of hydrogen-bond acceptors (Lipinski definition) is 3. The summed E-state index contributed by atoms with van der Waals surface area (Å²) >= 11 is 5.92. The van der Waals surface area contributed by atoms with Crippen LogP contribution in [0.4, 0.5) is 5.69 Å². The van der Waals surface area contributed by atoms with Crippen molar-refractivity contribution < 1.29 is 13.2 Å². The van der Waals surface area contributed by atoms with Crippen LogP contribution in [-0.2, 0) is 16.6 Å². The third-order valence-corrected chi connectivity index (χ3v) is 6.37. The number of anilines is 1. The van der Waals surface area contributed by atoms with Gasteiger partial charge in [-0.05, 0) is 53.9 Å². The normalized spacial score (nSPS) is 12.2. The molecular weight excluding hydrogens is 432 g/mol. The molecule has 0 fully saturated rings. The van der Waals surface area contributed by atoms with Gasteiger partial charge in [-0.25, -0.2) is 8.42 Å². The molecule has 0 radical (unpaired) electrons. The van der Waals surface area contributed by atoms with E-state index in [4.69, 9.17) is 11.6 Å². The first-order valence-electron chi connectivity index (χ1n) is 9.96. The second-order valence-corrected chi connectivity index (χ2v) is 9.63. The number of amides is 1. The van der Waals surface area contributed by atoms with Crippen molar-refractivity contribution in [2.24, 2.45) is 0 Å². The first-order chi connectivity index (χ1) is 14.8. The number of nitrogens with one attached hydrogen (secondary N) is 1. The summed E-state index contributed by atoms with van der Waals surface area (Å²) in [6.45, 7) is 2.19. The van der Waals surface area contributed by atoms with Crippen molar-refractivity contribution in [2.45, 2.75) is 25.9 Å². The Kier molecular flexibility index (Phi) is 7.36. The Labute approximate surface area is 188 Å². The van der Waals surface area contributed by atoms with Gasteiger partial charge in [0.25, 0.3) is 5.91 Å². The average molecular weight is 457 g/mol. The number of rotatable bonds is 8. The molecule has 0 bridgehead atoms. The van der Waals surface area contributed by atoms with E-state index in [1.54, 1.807) is 48.5 Å². The molecule has 0 aliphatic carbocycles. The zero-order valence-electron chi connectivity index (χ0n) is 17.5. The largest absolute Gasteiger partial charge is 0.345 e. The van der Waals surface area contributed by atoms with Crippen molar-refractivity contribution in [3.8, 4) is 0 Å². The van der Waals surface area contributed by atoms with Crippen LogP contribution in [0.25, 0.3) is 0 Å². The van der Waals surface area contributed by atoms with Gasteiger partial charge < -0.3 is 5.32 Å². The lowest BCUT2D eigenvalue weighted by Crippen LogP contribution is -2.30. The Morgan fingerprint density at radius 2 is 1.58 bits per heavy atom. The summed E-state index contributed by atoms with van der Waals surface area (Å²) in [6, 6.07) is 23.3. The highest BCUT2D eigenvalue weighted by Crippen LogP contribution is 2.23. The minimum atomic E-state index is -3.52. The quantitative estimate of drug-likeness (QED) is 0.507. The van der Waals surface area contributed by atoms with Gasteiger partial charge in [0.2, 0.25) is 10.0 Å². The zero-order valence-corrected chi connectivity index (χ0v) is 19.0. The van der Waals surface area contributed by atoms with Crippen molar-refractivity contribution >= 4 is 33.2 Å². The fraction of sp³-hybridized carbons (Fsp3) is 0.208. The number of sulfonamides is 1. The van der Waals surface area contributed by atoms with Gasteiger partial charge in [0.15, 0.2) is 0 Å². The lowest BCUT2D eigenvalue weighted by atomic mass is 10.0. The molecule has 0 heterocycles. The van der Waals surface area contributed by atoms with E-state index in [1.807, 2.05) is 37.3 Å². The van der Waals surface area contributed by atoms with Gasteiger partial charge in [-0.2, -0.15) is 0 Å².